The van der Waals surface area contributed by atoms with Crippen molar-refractivity contribution >= 4 is 11.9 Å². The van der Waals surface area contributed by atoms with Crippen molar-refractivity contribution in [2.75, 3.05) is 0 Å². The summed E-state index contributed by atoms with van der Waals surface area (Å²) in [6, 6.07) is -0.00264. The molecule has 100 valence electrons. The van der Waals surface area contributed by atoms with Crippen molar-refractivity contribution in [1.82, 2.24) is 5.32 Å². The van der Waals surface area contributed by atoms with Crippen LogP contribution in [0.3, 0.4) is 0 Å². The highest BCUT2D eigenvalue weighted by Crippen LogP contribution is 2.28. The second-order valence-electron chi connectivity index (χ2n) is 5.72. The van der Waals surface area contributed by atoms with E-state index in [1.807, 2.05) is 20.8 Å². The van der Waals surface area contributed by atoms with E-state index in [2.05, 4.69) is 11.2 Å². The van der Waals surface area contributed by atoms with Crippen molar-refractivity contribution in [3.8, 4) is 12.3 Å². The van der Waals surface area contributed by atoms with Gasteiger partial charge in [-0.2, -0.15) is 0 Å². The fraction of sp³-hybridized carbons (Fsp3) is 0.714. The molecule has 0 saturated heterocycles. The fourth-order valence-electron chi connectivity index (χ4n) is 2.23. The van der Waals surface area contributed by atoms with E-state index in [0.717, 1.165) is 19.3 Å². The SMILES string of the molecule is C#CC(=O)CC1CCCC1NC(=O)OC(C)(C)C. The van der Waals surface area contributed by atoms with Gasteiger partial charge in [-0.15, -0.1) is 6.42 Å². The molecule has 0 aromatic rings. The van der Waals surface area contributed by atoms with Crippen LogP contribution >= 0.6 is 0 Å². The number of nitrogens with one attached hydrogen (secondary N) is 1. The first kappa shape index (κ1) is 14.6. The molecule has 0 aliphatic heterocycles. The van der Waals surface area contributed by atoms with Gasteiger partial charge in [-0.1, -0.05) is 6.42 Å². The molecule has 1 fully saturated rings. The van der Waals surface area contributed by atoms with Gasteiger partial charge in [-0.25, -0.2) is 4.79 Å². The molecule has 0 aromatic heterocycles. The molecule has 2 atom stereocenters. The van der Waals surface area contributed by atoms with Crippen LogP contribution in [0.15, 0.2) is 0 Å². The second-order valence-corrected chi connectivity index (χ2v) is 5.72. The Labute approximate surface area is 108 Å². The summed E-state index contributed by atoms with van der Waals surface area (Å²) in [5.74, 6) is 2.06. The molecule has 1 aliphatic rings. The number of rotatable bonds is 3. The van der Waals surface area contributed by atoms with Gasteiger partial charge in [0.15, 0.2) is 0 Å². The Kier molecular flexibility index (Phi) is 4.77. The number of hydrogen-bond donors (Lipinski definition) is 1. The molecular formula is C14H21NO3. The van der Waals surface area contributed by atoms with Gasteiger partial charge in [0.05, 0.1) is 0 Å². The zero-order valence-corrected chi connectivity index (χ0v) is 11.3. The predicted octanol–water partition coefficient (Wildman–Crippen LogP) is 2.27. The van der Waals surface area contributed by atoms with Crippen LogP contribution in [-0.2, 0) is 9.53 Å². The maximum absolute atomic E-state index is 11.7. The van der Waals surface area contributed by atoms with Crippen LogP contribution in [0.1, 0.15) is 46.5 Å². The molecule has 4 heteroatoms. The largest absolute Gasteiger partial charge is 0.444 e. The Balaban J connectivity index is 2.48. The first-order chi connectivity index (χ1) is 8.31. The minimum Gasteiger partial charge on any atom is -0.444 e. The molecule has 0 aromatic carbocycles. The molecule has 0 spiro atoms. The van der Waals surface area contributed by atoms with Gasteiger partial charge < -0.3 is 10.1 Å². The first-order valence-corrected chi connectivity index (χ1v) is 6.31. The Bertz CT molecular complexity index is 362. The monoisotopic (exact) mass is 251 g/mol. The second kappa shape index (κ2) is 5.90. The summed E-state index contributed by atoms with van der Waals surface area (Å²) in [5, 5.41) is 2.83. The Morgan fingerprint density at radius 1 is 1.39 bits per heavy atom. The summed E-state index contributed by atoms with van der Waals surface area (Å²) >= 11 is 0. The number of ether oxygens (including phenoxy) is 1. The molecule has 0 radical (unpaired) electrons. The molecule has 4 nitrogen and oxygen atoms in total. The lowest BCUT2D eigenvalue weighted by Gasteiger charge is -2.24. The molecule has 0 bridgehead atoms. The number of carbonyl (C=O) groups excluding carboxylic acids is 2. The van der Waals surface area contributed by atoms with Crippen molar-refractivity contribution in [3.05, 3.63) is 0 Å². The van der Waals surface area contributed by atoms with E-state index >= 15 is 0 Å². The standard InChI is InChI=1S/C14H21NO3/c1-5-11(16)9-10-7-6-8-12(10)15-13(17)18-14(2,3)4/h1,10,12H,6-9H2,2-4H3,(H,15,17). The number of ketones is 1. The van der Waals surface area contributed by atoms with E-state index in [1.54, 1.807) is 0 Å². The highest BCUT2D eigenvalue weighted by molar-refractivity contribution is 5.95. The van der Waals surface area contributed by atoms with Gasteiger partial charge in [0, 0.05) is 12.5 Å². The van der Waals surface area contributed by atoms with E-state index in [9.17, 15) is 9.59 Å². The summed E-state index contributed by atoms with van der Waals surface area (Å²) in [5.41, 5.74) is -0.507. The van der Waals surface area contributed by atoms with Crippen LogP contribution in [-0.4, -0.2) is 23.5 Å². The van der Waals surface area contributed by atoms with Crippen LogP contribution < -0.4 is 5.32 Å². The fourth-order valence-corrected chi connectivity index (χ4v) is 2.23. The van der Waals surface area contributed by atoms with Crippen molar-refractivity contribution in [1.29, 1.82) is 0 Å². The number of terminal acetylenes is 1. The minimum atomic E-state index is -0.507. The number of Topliss-reactive ketones (excluding diaryl/α,β-unsaturated/α-hetero) is 1. The third kappa shape index (κ3) is 4.79. The lowest BCUT2D eigenvalue weighted by Crippen LogP contribution is -2.41. The van der Waals surface area contributed by atoms with E-state index in [1.165, 1.54) is 0 Å². The van der Waals surface area contributed by atoms with Gasteiger partial charge in [0.25, 0.3) is 0 Å². The van der Waals surface area contributed by atoms with Crippen LogP contribution in [0.4, 0.5) is 4.79 Å². The first-order valence-electron chi connectivity index (χ1n) is 6.31. The third-order valence-electron chi connectivity index (χ3n) is 2.97. The van der Waals surface area contributed by atoms with Crippen molar-refractivity contribution in [3.63, 3.8) is 0 Å². The molecule has 1 N–H and O–H groups in total. The Hall–Kier alpha value is -1.50. The zero-order valence-electron chi connectivity index (χ0n) is 11.3. The molecular weight excluding hydrogens is 230 g/mol. The van der Waals surface area contributed by atoms with Crippen molar-refractivity contribution in [2.45, 2.75) is 58.1 Å². The van der Waals surface area contributed by atoms with Gasteiger partial charge in [-0.3, -0.25) is 4.79 Å². The minimum absolute atomic E-state index is 0.00264. The van der Waals surface area contributed by atoms with Crippen molar-refractivity contribution < 1.29 is 14.3 Å². The van der Waals surface area contributed by atoms with E-state index in [0.29, 0.717) is 6.42 Å². The van der Waals surface area contributed by atoms with Crippen LogP contribution in [0.2, 0.25) is 0 Å². The van der Waals surface area contributed by atoms with Gasteiger partial charge in [-0.05, 0) is 45.5 Å². The lowest BCUT2D eigenvalue weighted by atomic mass is 9.97. The summed E-state index contributed by atoms with van der Waals surface area (Å²) in [6.07, 6.45) is 7.79. The molecule has 1 rings (SSSR count). The average molecular weight is 251 g/mol. The molecule has 1 amide bonds. The average Bonchev–Trinajstić information content (AvgIpc) is 2.62. The van der Waals surface area contributed by atoms with E-state index in [-0.39, 0.29) is 17.7 Å². The topological polar surface area (TPSA) is 55.4 Å². The quantitative estimate of drug-likeness (QED) is 0.618. The Morgan fingerprint density at radius 2 is 2.06 bits per heavy atom. The van der Waals surface area contributed by atoms with E-state index < -0.39 is 11.7 Å². The lowest BCUT2D eigenvalue weighted by molar-refractivity contribution is -0.114. The molecule has 2 unspecified atom stereocenters. The van der Waals surface area contributed by atoms with Gasteiger partial charge in [0.1, 0.15) is 5.60 Å². The third-order valence-corrected chi connectivity index (χ3v) is 2.97. The van der Waals surface area contributed by atoms with Crippen LogP contribution in [0.25, 0.3) is 0 Å². The number of hydrogen-bond acceptors (Lipinski definition) is 3. The zero-order chi connectivity index (χ0) is 13.8. The van der Waals surface area contributed by atoms with E-state index in [4.69, 9.17) is 11.2 Å². The summed E-state index contributed by atoms with van der Waals surface area (Å²) < 4.78 is 5.20. The maximum Gasteiger partial charge on any atom is 0.407 e. The number of carbonyl (C=O) groups is 2. The Morgan fingerprint density at radius 3 is 2.61 bits per heavy atom. The van der Waals surface area contributed by atoms with Crippen LogP contribution in [0, 0.1) is 18.3 Å². The highest BCUT2D eigenvalue weighted by Gasteiger charge is 2.31. The highest BCUT2D eigenvalue weighted by atomic mass is 16.6. The summed E-state index contributed by atoms with van der Waals surface area (Å²) in [6.45, 7) is 5.46. The smallest absolute Gasteiger partial charge is 0.407 e. The summed E-state index contributed by atoms with van der Waals surface area (Å²) in [4.78, 5) is 22.9. The normalized spacial score (nSPS) is 23.2. The molecule has 1 saturated carbocycles. The van der Waals surface area contributed by atoms with Gasteiger partial charge >= 0.3 is 6.09 Å². The summed E-state index contributed by atoms with van der Waals surface area (Å²) in [7, 11) is 0. The van der Waals surface area contributed by atoms with Gasteiger partial charge in [0.2, 0.25) is 5.78 Å². The predicted molar refractivity (Wildman–Crippen MR) is 69.0 cm³/mol. The molecule has 18 heavy (non-hydrogen) atoms. The molecule has 0 heterocycles. The maximum atomic E-state index is 11.7. The van der Waals surface area contributed by atoms with Crippen molar-refractivity contribution in [2.24, 2.45) is 5.92 Å². The number of amides is 1. The number of alkyl carbamates (subject to hydrolysis) is 1. The molecule has 1 aliphatic carbocycles. The van der Waals surface area contributed by atoms with Crippen LogP contribution in [0.5, 0.6) is 0 Å².